The van der Waals surface area contributed by atoms with Crippen LogP contribution in [0.25, 0.3) is 0 Å². The number of rotatable bonds is 3. The monoisotopic (exact) mass is 284 g/mol. The summed E-state index contributed by atoms with van der Waals surface area (Å²) in [5.41, 5.74) is 6.00. The maximum atomic E-state index is 5.34. The minimum Gasteiger partial charge on any atom is -0.358 e. The van der Waals surface area contributed by atoms with E-state index in [9.17, 15) is 0 Å². The van der Waals surface area contributed by atoms with Crippen molar-refractivity contribution in [1.29, 1.82) is 0 Å². The van der Waals surface area contributed by atoms with Gasteiger partial charge in [-0.05, 0) is 50.2 Å². The zero-order chi connectivity index (χ0) is 14.5. The van der Waals surface area contributed by atoms with Crippen molar-refractivity contribution >= 4 is 23.0 Å². The quantitative estimate of drug-likeness (QED) is 0.830. The van der Waals surface area contributed by atoms with Crippen molar-refractivity contribution in [1.82, 2.24) is 5.32 Å². The highest BCUT2D eigenvalue weighted by Gasteiger charge is 2.01. The molecule has 0 fully saturated rings. The van der Waals surface area contributed by atoms with Gasteiger partial charge in [-0.3, -0.25) is 0 Å². The molecule has 0 aliphatic heterocycles. The summed E-state index contributed by atoms with van der Waals surface area (Å²) in [5.74, 6) is 0. The van der Waals surface area contributed by atoms with Crippen molar-refractivity contribution in [3.63, 3.8) is 0 Å². The Labute approximate surface area is 126 Å². The van der Waals surface area contributed by atoms with Crippen LogP contribution in [0.3, 0.4) is 0 Å². The number of benzene rings is 2. The summed E-state index contributed by atoms with van der Waals surface area (Å²) in [6.45, 7) is 7.00. The first kappa shape index (κ1) is 14.5. The van der Waals surface area contributed by atoms with E-state index in [0.717, 1.165) is 12.2 Å². The van der Waals surface area contributed by atoms with Crippen molar-refractivity contribution in [2.45, 2.75) is 27.3 Å². The molecule has 2 aromatic rings. The van der Waals surface area contributed by atoms with Gasteiger partial charge in [-0.2, -0.15) is 0 Å². The first-order chi connectivity index (χ1) is 9.54. The van der Waals surface area contributed by atoms with Gasteiger partial charge in [-0.1, -0.05) is 47.5 Å². The molecule has 104 valence electrons. The predicted octanol–water partition coefficient (Wildman–Crippen LogP) is 4.10. The number of thiocarbonyl (C=S) groups is 1. The molecular weight excluding hydrogens is 264 g/mol. The third-order valence-corrected chi connectivity index (χ3v) is 3.41. The molecule has 20 heavy (non-hydrogen) atoms. The molecule has 2 aromatic carbocycles. The molecule has 0 radical (unpaired) electrons. The average molecular weight is 284 g/mol. The molecule has 0 amide bonds. The molecular formula is C17H20N2S. The smallest absolute Gasteiger partial charge is 0.171 e. The van der Waals surface area contributed by atoms with Crippen LogP contribution in [-0.4, -0.2) is 5.11 Å². The Hall–Kier alpha value is -1.87. The molecule has 2 nitrogen and oxygen atoms in total. The van der Waals surface area contributed by atoms with Crippen molar-refractivity contribution in [2.75, 3.05) is 5.32 Å². The van der Waals surface area contributed by atoms with Crippen molar-refractivity contribution in [3.8, 4) is 0 Å². The Morgan fingerprint density at radius 2 is 1.75 bits per heavy atom. The molecule has 0 saturated heterocycles. The molecule has 0 heterocycles. The lowest BCUT2D eigenvalue weighted by Gasteiger charge is -2.13. The minimum absolute atomic E-state index is 0.651. The van der Waals surface area contributed by atoms with Crippen LogP contribution in [-0.2, 0) is 6.54 Å². The van der Waals surface area contributed by atoms with Crippen LogP contribution in [0.5, 0.6) is 0 Å². The Morgan fingerprint density at radius 1 is 1.00 bits per heavy atom. The number of anilines is 1. The first-order valence-corrected chi connectivity index (χ1v) is 7.13. The Kier molecular flexibility index (Phi) is 4.74. The maximum absolute atomic E-state index is 5.34. The predicted molar refractivity (Wildman–Crippen MR) is 90.2 cm³/mol. The largest absolute Gasteiger partial charge is 0.358 e. The summed E-state index contributed by atoms with van der Waals surface area (Å²) < 4.78 is 0. The fourth-order valence-electron chi connectivity index (χ4n) is 2.12. The van der Waals surface area contributed by atoms with E-state index in [1.165, 1.54) is 22.3 Å². The highest BCUT2D eigenvalue weighted by Crippen LogP contribution is 2.15. The van der Waals surface area contributed by atoms with E-state index in [1.54, 1.807) is 0 Å². The van der Waals surface area contributed by atoms with Crippen LogP contribution in [0.15, 0.2) is 42.5 Å². The second-order valence-electron chi connectivity index (χ2n) is 5.12. The molecule has 0 aromatic heterocycles. The van der Waals surface area contributed by atoms with Gasteiger partial charge in [-0.25, -0.2) is 0 Å². The molecule has 0 aliphatic carbocycles. The van der Waals surface area contributed by atoms with E-state index in [1.807, 2.05) is 0 Å². The number of nitrogens with one attached hydrogen (secondary N) is 2. The highest BCUT2D eigenvalue weighted by atomic mass is 32.1. The third-order valence-electron chi connectivity index (χ3n) is 3.17. The van der Waals surface area contributed by atoms with E-state index in [4.69, 9.17) is 12.2 Å². The summed E-state index contributed by atoms with van der Waals surface area (Å²) >= 11 is 5.34. The van der Waals surface area contributed by atoms with Gasteiger partial charge in [0.1, 0.15) is 0 Å². The van der Waals surface area contributed by atoms with Crippen molar-refractivity contribution < 1.29 is 0 Å². The lowest BCUT2D eigenvalue weighted by Crippen LogP contribution is -2.28. The minimum atomic E-state index is 0.651. The van der Waals surface area contributed by atoms with E-state index < -0.39 is 0 Å². The highest BCUT2D eigenvalue weighted by molar-refractivity contribution is 7.80. The van der Waals surface area contributed by atoms with Crippen LogP contribution in [0.1, 0.15) is 22.3 Å². The number of hydrogen-bond donors (Lipinski definition) is 2. The molecule has 0 bridgehead atoms. The zero-order valence-electron chi connectivity index (χ0n) is 12.2. The van der Waals surface area contributed by atoms with Crippen molar-refractivity contribution in [3.05, 3.63) is 64.7 Å². The second kappa shape index (κ2) is 6.53. The topological polar surface area (TPSA) is 24.1 Å². The van der Waals surface area contributed by atoms with E-state index in [-0.39, 0.29) is 0 Å². The fourth-order valence-corrected chi connectivity index (χ4v) is 2.31. The lowest BCUT2D eigenvalue weighted by atomic mass is 10.1. The number of aryl methyl sites for hydroxylation is 3. The van der Waals surface area contributed by atoms with Gasteiger partial charge in [0.25, 0.3) is 0 Å². The van der Waals surface area contributed by atoms with Crippen LogP contribution >= 0.6 is 12.2 Å². The summed E-state index contributed by atoms with van der Waals surface area (Å²) in [4.78, 5) is 0. The van der Waals surface area contributed by atoms with E-state index >= 15 is 0 Å². The van der Waals surface area contributed by atoms with Gasteiger partial charge in [0.15, 0.2) is 5.11 Å². The molecule has 0 spiro atoms. The Morgan fingerprint density at radius 3 is 2.45 bits per heavy atom. The fraction of sp³-hybridized carbons (Fsp3) is 0.235. The summed E-state index contributed by atoms with van der Waals surface area (Å²) in [6.07, 6.45) is 0. The van der Waals surface area contributed by atoms with Crippen LogP contribution in [0, 0.1) is 20.8 Å². The summed E-state index contributed by atoms with van der Waals surface area (Å²) in [6, 6.07) is 14.7. The van der Waals surface area contributed by atoms with Crippen LogP contribution in [0.2, 0.25) is 0 Å². The third kappa shape index (κ3) is 4.07. The molecule has 0 saturated carbocycles. The number of hydrogen-bond acceptors (Lipinski definition) is 1. The van der Waals surface area contributed by atoms with Gasteiger partial charge in [-0.15, -0.1) is 0 Å². The molecule has 3 heteroatoms. The SMILES string of the molecule is Cc1cccc(CNC(=S)Nc2ccc(C)cc2C)c1. The second-order valence-corrected chi connectivity index (χ2v) is 5.52. The Bertz CT molecular complexity index is 620. The van der Waals surface area contributed by atoms with Gasteiger partial charge >= 0.3 is 0 Å². The molecule has 0 unspecified atom stereocenters. The normalized spacial score (nSPS) is 10.2. The molecule has 0 atom stereocenters. The summed E-state index contributed by atoms with van der Waals surface area (Å²) in [7, 11) is 0. The van der Waals surface area contributed by atoms with Gasteiger partial charge < -0.3 is 10.6 Å². The van der Waals surface area contributed by atoms with Crippen LogP contribution < -0.4 is 10.6 Å². The summed E-state index contributed by atoms with van der Waals surface area (Å²) in [5, 5.41) is 7.13. The molecule has 0 aliphatic rings. The Balaban J connectivity index is 1.92. The van der Waals surface area contributed by atoms with Gasteiger partial charge in [0.2, 0.25) is 0 Å². The van der Waals surface area contributed by atoms with E-state index in [2.05, 4.69) is 73.9 Å². The zero-order valence-corrected chi connectivity index (χ0v) is 13.0. The maximum Gasteiger partial charge on any atom is 0.171 e. The average Bonchev–Trinajstić information content (AvgIpc) is 2.40. The van der Waals surface area contributed by atoms with Crippen LogP contribution in [0.4, 0.5) is 5.69 Å². The van der Waals surface area contributed by atoms with Gasteiger partial charge in [0.05, 0.1) is 0 Å². The van der Waals surface area contributed by atoms with Gasteiger partial charge in [0, 0.05) is 12.2 Å². The molecule has 2 N–H and O–H groups in total. The first-order valence-electron chi connectivity index (χ1n) is 6.72. The van der Waals surface area contributed by atoms with Crippen molar-refractivity contribution in [2.24, 2.45) is 0 Å². The lowest BCUT2D eigenvalue weighted by molar-refractivity contribution is 0.923. The molecule has 2 rings (SSSR count). The standard InChI is InChI=1S/C17H20N2S/c1-12-5-4-6-15(10-12)11-18-17(20)19-16-8-7-13(2)9-14(16)3/h4-10H,11H2,1-3H3,(H2,18,19,20). The van der Waals surface area contributed by atoms with E-state index in [0.29, 0.717) is 5.11 Å².